The Kier molecular flexibility index (Phi) is 6.16. The Bertz CT molecular complexity index is 906. The zero-order chi connectivity index (χ0) is 20.1. The van der Waals surface area contributed by atoms with Crippen LogP contribution in [-0.4, -0.2) is 46.8 Å². The van der Waals surface area contributed by atoms with Crippen molar-refractivity contribution >= 4 is 5.91 Å². The average Bonchev–Trinajstić information content (AvgIpc) is 2.73. The van der Waals surface area contributed by atoms with Crippen molar-refractivity contribution in [2.75, 3.05) is 21.1 Å². The van der Waals surface area contributed by atoms with Gasteiger partial charge in [-0.2, -0.15) is 0 Å². The maximum absolute atomic E-state index is 12.8. The van der Waals surface area contributed by atoms with Crippen LogP contribution in [0.2, 0.25) is 0 Å². The van der Waals surface area contributed by atoms with E-state index in [2.05, 4.69) is 20.9 Å². The third kappa shape index (κ3) is 4.61. The van der Waals surface area contributed by atoms with Crippen molar-refractivity contribution in [3.63, 3.8) is 0 Å². The first-order valence-corrected chi connectivity index (χ1v) is 9.34. The lowest BCUT2D eigenvalue weighted by molar-refractivity contribution is 0.0740. The van der Waals surface area contributed by atoms with Crippen molar-refractivity contribution in [3.8, 4) is 11.3 Å². The number of benzene rings is 1. The van der Waals surface area contributed by atoms with Gasteiger partial charge in [-0.3, -0.25) is 14.8 Å². The molecule has 0 saturated carbocycles. The zero-order valence-corrected chi connectivity index (χ0v) is 16.8. The fourth-order valence-electron chi connectivity index (χ4n) is 3.04. The van der Waals surface area contributed by atoms with Crippen molar-refractivity contribution < 1.29 is 4.79 Å². The highest BCUT2D eigenvalue weighted by Crippen LogP contribution is 2.21. The molecule has 3 rings (SSSR count). The van der Waals surface area contributed by atoms with Crippen molar-refractivity contribution in [1.82, 2.24) is 19.8 Å². The Hall–Kier alpha value is -3.05. The Balaban J connectivity index is 1.72. The molecule has 2 aromatic heterocycles. The number of nitrogens with zero attached hydrogens (tertiary/aromatic N) is 4. The number of rotatable bonds is 6. The summed E-state index contributed by atoms with van der Waals surface area (Å²) in [4.78, 5) is 25.6. The third-order valence-electron chi connectivity index (χ3n) is 4.77. The van der Waals surface area contributed by atoms with E-state index in [1.165, 1.54) is 5.56 Å². The van der Waals surface area contributed by atoms with Gasteiger partial charge in [-0.25, -0.2) is 0 Å². The van der Waals surface area contributed by atoms with Gasteiger partial charge < -0.3 is 9.80 Å². The van der Waals surface area contributed by atoms with Crippen LogP contribution in [-0.2, 0) is 6.54 Å². The molecular formula is C23H26N4O. The van der Waals surface area contributed by atoms with Crippen LogP contribution in [0.1, 0.15) is 34.6 Å². The normalized spacial score (nSPS) is 12.0. The molecule has 0 aliphatic rings. The highest BCUT2D eigenvalue weighted by Gasteiger charge is 2.19. The van der Waals surface area contributed by atoms with Gasteiger partial charge in [-0.05, 0) is 56.9 Å². The first kappa shape index (κ1) is 19.7. The Morgan fingerprint density at radius 2 is 1.71 bits per heavy atom. The lowest BCUT2D eigenvalue weighted by atomic mass is 10.1. The molecule has 5 nitrogen and oxygen atoms in total. The Labute approximate surface area is 166 Å². The predicted molar refractivity (Wildman–Crippen MR) is 112 cm³/mol. The molecule has 5 heteroatoms. The Morgan fingerprint density at radius 3 is 2.29 bits per heavy atom. The van der Waals surface area contributed by atoms with E-state index in [1.807, 2.05) is 75.7 Å². The lowest BCUT2D eigenvalue weighted by Crippen LogP contribution is -2.30. The summed E-state index contributed by atoms with van der Waals surface area (Å²) in [6, 6.07) is 17.3. The van der Waals surface area contributed by atoms with Gasteiger partial charge >= 0.3 is 0 Å². The second kappa shape index (κ2) is 8.76. The van der Waals surface area contributed by atoms with Crippen molar-refractivity contribution in [3.05, 3.63) is 83.8 Å². The van der Waals surface area contributed by atoms with E-state index < -0.39 is 0 Å². The topological polar surface area (TPSA) is 49.3 Å². The number of carbonyl (C=O) groups excluding carboxylic acids is 1. The van der Waals surface area contributed by atoms with E-state index in [-0.39, 0.29) is 11.9 Å². The van der Waals surface area contributed by atoms with Gasteiger partial charge in [0.05, 0.1) is 17.4 Å². The third-order valence-corrected chi connectivity index (χ3v) is 4.77. The quantitative estimate of drug-likeness (QED) is 0.653. The molecular weight excluding hydrogens is 348 g/mol. The van der Waals surface area contributed by atoms with Crippen molar-refractivity contribution in [2.24, 2.45) is 0 Å². The van der Waals surface area contributed by atoms with Crippen LogP contribution < -0.4 is 0 Å². The minimum Gasteiger partial charge on any atom is -0.333 e. The molecule has 1 unspecified atom stereocenters. The molecule has 144 valence electrons. The monoisotopic (exact) mass is 374 g/mol. The van der Waals surface area contributed by atoms with E-state index in [0.717, 1.165) is 23.5 Å². The average molecular weight is 374 g/mol. The molecule has 0 fully saturated rings. The van der Waals surface area contributed by atoms with Gasteiger partial charge in [-0.15, -0.1) is 0 Å². The van der Waals surface area contributed by atoms with Crippen LogP contribution in [0.25, 0.3) is 11.3 Å². The van der Waals surface area contributed by atoms with Gasteiger partial charge in [0.2, 0.25) is 0 Å². The number of amides is 1. The van der Waals surface area contributed by atoms with E-state index in [4.69, 9.17) is 0 Å². The summed E-state index contributed by atoms with van der Waals surface area (Å²) < 4.78 is 0. The van der Waals surface area contributed by atoms with E-state index >= 15 is 0 Å². The van der Waals surface area contributed by atoms with Gasteiger partial charge in [0.1, 0.15) is 0 Å². The van der Waals surface area contributed by atoms with E-state index in [9.17, 15) is 4.79 Å². The molecule has 0 aliphatic heterocycles. The minimum absolute atomic E-state index is 0.0287. The minimum atomic E-state index is -0.0979. The maximum atomic E-state index is 12.8. The number of hydrogen-bond acceptors (Lipinski definition) is 4. The van der Waals surface area contributed by atoms with Crippen molar-refractivity contribution in [2.45, 2.75) is 19.5 Å². The second-order valence-electron chi connectivity index (χ2n) is 7.21. The summed E-state index contributed by atoms with van der Waals surface area (Å²) in [5, 5.41) is 0. The van der Waals surface area contributed by atoms with Gasteiger partial charge in [0.15, 0.2) is 0 Å². The molecule has 0 radical (unpaired) electrons. The lowest BCUT2D eigenvalue weighted by Gasteiger charge is -2.24. The first-order chi connectivity index (χ1) is 13.5. The molecule has 1 aromatic carbocycles. The van der Waals surface area contributed by atoms with Crippen LogP contribution in [0.15, 0.2) is 67.0 Å². The molecule has 2 heterocycles. The van der Waals surface area contributed by atoms with E-state index in [0.29, 0.717) is 5.56 Å². The van der Waals surface area contributed by atoms with Crippen molar-refractivity contribution in [1.29, 1.82) is 0 Å². The number of hydrogen-bond donors (Lipinski definition) is 0. The Morgan fingerprint density at radius 1 is 0.964 bits per heavy atom. The number of aromatic nitrogens is 2. The van der Waals surface area contributed by atoms with E-state index in [1.54, 1.807) is 18.1 Å². The van der Waals surface area contributed by atoms with Crippen LogP contribution in [0.5, 0.6) is 0 Å². The largest absolute Gasteiger partial charge is 0.333 e. The SMILES string of the molecule is CC(c1ccccn1)N(C)C(=O)c1ccc(-c2ccc(CN(C)C)cn2)cc1. The molecule has 0 saturated heterocycles. The van der Waals surface area contributed by atoms with Crippen LogP contribution >= 0.6 is 0 Å². The summed E-state index contributed by atoms with van der Waals surface area (Å²) in [7, 11) is 5.88. The molecule has 0 aliphatic carbocycles. The van der Waals surface area contributed by atoms with Gasteiger partial charge in [0.25, 0.3) is 5.91 Å². The predicted octanol–water partition coefficient (Wildman–Crippen LogP) is 4.04. The second-order valence-corrected chi connectivity index (χ2v) is 7.21. The summed E-state index contributed by atoms with van der Waals surface area (Å²) in [6.07, 6.45) is 3.65. The van der Waals surface area contributed by atoms with Gasteiger partial charge in [-0.1, -0.05) is 24.3 Å². The zero-order valence-electron chi connectivity index (χ0n) is 16.8. The molecule has 0 N–H and O–H groups in total. The van der Waals surface area contributed by atoms with Crippen LogP contribution in [0, 0.1) is 0 Å². The highest BCUT2D eigenvalue weighted by atomic mass is 16.2. The summed E-state index contributed by atoms with van der Waals surface area (Å²) >= 11 is 0. The fourth-order valence-corrected chi connectivity index (χ4v) is 3.04. The van der Waals surface area contributed by atoms with Crippen LogP contribution in [0.4, 0.5) is 0 Å². The highest BCUT2D eigenvalue weighted by molar-refractivity contribution is 5.94. The number of pyridine rings is 2. The first-order valence-electron chi connectivity index (χ1n) is 9.34. The summed E-state index contributed by atoms with van der Waals surface area (Å²) in [6.45, 7) is 2.84. The standard InChI is InChI=1S/C23H26N4O/c1-17(21-7-5-6-14-24-21)27(4)23(28)20-11-9-19(10-12-20)22-13-8-18(15-25-22)16-26(2)3/h5-15,17H,16H2,1-4H3. The smallest absolute Gasteiger partial charge is 0.254 e. The maximum Gasteiger partial charge on any atom is 0.254 e. The molecule has 0 spiro atoms. The molecule has 28 heavy (non-hydrogen) atoms. The molecule has 0 bridgehead atoms. The molecule has 1 atom stereocenters. The fraction of sp³-hybridized carbons (Fsp3) is 0.261. The van der Waals surface area contributed by atoms with Gasteiger partial charge in [0, 0.05) is 37.1 Å². The summed E-state index contributed by atoms with van der Waals surface area (Å²) in [5.74, 6) is -0.0287. The number of carbonyl (C=O) groups is 1. The summed E-state index contributed by atoms with van der Waals surface area (Å²) in [5.41, 5.74) is 4.59. The van der Waals surface area contributed by atoms with Crippen LogP contribution in [0.3, 0.4) is 0 Å². The molecule has 1 amide bonds. The molecule has 3 aromatic rings.